The van der Waals surface area contributed by atoms with Gasteiger partial charge in [-0.3, -0.25) is 4.90 Å². The maximum absolute atomic E-state index is 5.65. The molecule has 1 unspecified atom stereocenters. The fourth-order valence-electron chi connectivity index (χ4n) is 1.97. The number of hydrogen-bond acceptors (Lipinski definition) is 5. The van der Waals surface area contributed by atoms with Gasteiger partial charge >= 0.3 is 0 Å². The Kier molecular flexibility index (Phi) is 3.93. The Morgan fingerprint density at radius 2 is 2.50 bits per heavy atom. The molecule has 0 radical (unpaired) electrons. The number of ether oxygens (including phenoxy) is 1. The first kappa shape index (κ1) is 11.6. The van der Waals surface area contributed by atoms with Crippen molar-refractivity contribution >= 4 is 0 Å². The van der Waals surface area contributed by atoms with E-state index in [0.29, 0.717) is 0 Å². The smallest absolute Gasteiger partial charge is 0.181 e. The average Bonchev–Trinajstić information content (AvgIpc) is 2.66. The summed E-state index contributed by atoms with van der Waals surface area (Å²) >= 11 is 0. The Morgan fingerprint density at radius 3 is 3.19 bits per heavy atom. The van der Waals surface area contributed by atoms with E-state index in [1.54, 1.807) is 0 Å². The zero-order chi connectivity index (χ0) is 11.4. The van der Waals surface area contributed by atoms with E-state index >= 15 is 0 Å². The molecule has 0 spiro atoms. The molecule has 1 aliphatic heterocycles. The summed E-state index contributed by atoms with van der Waals surface area (Å²) in [5.41, 5.74) is 1.03. The summed E-state index contributed by atoms with van der Waals surface area (Å²) in [6, 6.07) is 0. The fraction of sp³-hybridized carbons (Fsp3) is 0.727. The van der Waals surface area contributed by atoms with Gasteiger partial charge in [-0.1, -0.05) is 0 Å². The number of aryl methyl sites for hydroxylation is 1. The van der Waals surface area contributed by atoms with Crippen LogP contribution >= 0.6 is 0 Å². The normalized spacial score (nSPS) is 22.5. The first-order chi connectivity index (χ1) is 7.79. The molecule has 1 aromatic heterocycles. The van der Waals surface area contributed by atoms with Gasteiger partial charge in [0.1, 0.15) is 5.76 Å². The van der Waals surface area contributed by atoms with Crippen molar-refractivity contribution in [1.29, 1.82) is 0 Å². The van der Waals surface area contributed by atoms with Crippen LogP contribution in [0.1, 0.15) is 11.5 Å². The molecule has 1 aromatic rings. The molecule has 0 bridgehead atoms. The van der Waals surface area contributed by atoms with Gasteiger partial charge in [0.05, 0.1) is 18.4 Å². The lowest BCUT2D eigenvalue weighted by Gasteiger charge is -2.32. The molecular weight excluding hydrogens is 206 g/mol. The molecule has 1 saturated heterocycles. The van der Waals surface area contributed by atoms with E-state index in [4.69, 9.17) is 9.15 Å². The molecule has 1 aliphatic rings. The second kappa shape index (κ2) is 5.43. The van der Waals surface area contributed by atoms with Crippen LogP contribution in [0.15, 0.2) is 10.8 Å². The topological polar surface area (TPSA) is 50.5 Å². The number of aromatic nitrogens is 1. The summed E-state index contributed by atoms with van der Waals surface area (Å²) in [6.45, 7) is 6.41. The number of oxazole rings is 1. The Morgan fingerprint density at radius 1 is 1.62 bits per heavy atom. The summed E-state index contributed by atoms with van der Waals surface area (Å²) in [5, 5.41) is 3.14. The van der Waals surface area contributed by atoms with Gasteiger partial charge in [-0.2, -0.15) is 0 Å². The second-order valence-corrected chi connectivity index (χ2v) is 4.14. The van der Waals surface area contributed by atoms with Crippen LogP contribution in [0.4, 0.5) is 0 Å². The molecule has 0 amide bonds. The van der Waals surface area contributed by atoms with E-state index in [1.165, 1.54) is 6.39 Å². The molecule has 90 valence electrons. The molecule has 2 rings (SSSR count). The molecule has 1 fully saturated rings. The van der Waals surface area contributed by atoms with Gasteiger partial charge in [0.2, 0.25) is 0 Å². The predicted molar refractivity (Wildman–Crippen MR) is 60.2 cm³/mol. The average molecular weight is 225 g/mol. The molecule has 0 aromatic carbocycles. The minimum atomic E-state index is 0.283. The van der Waals surface area contributed by atoms with Crippen molar-refractivity contribution in [1.82, 2.24) is 15.2 Å². The van der Waals surface area contributed by atoms with Crippen molar-refractivity contribution < 1.29 is 9.15 Å². The summed E-state index contributed by atoms with van der Waals surface area (Å²) in [4.78, 5) is 6.57. The van der Waals surface area contributed by atoms with Crippen molar-refractivity contribution in [3.63, 3.8) is 0 Å². The number of hydrogen-bond donors (Lipinski definition) is 1. The lowest BCUT2D eigenvalue weighted by molar-refractivity contribution is -0.0295. The van der Waals surface area contributed by atoms with Gasteiger partial charge in [0, 0.05) is 26.2 Å². The second-order valence-electron chi connectivity index (χ2n) is 4.14. The standard InChI is InChI=1S/C11H19N3O2/c1-9-11(13-8-16-9)7-14-3-4-15-10(6-14)5-12-2/h8,10,12H,3-7H2,1-2H3. The molecule has 0 aliphatic carbocycles. The van der Waals surface area contributed by atoms with E-state index in [0.717, 1.165) is 44.2 Å². The van der Waals surface area contributed by atoms with Gasteiger partial charge in [-0.05, 0) is 14.0 Å². The van der Waals surface area contributed by atoms with Gasteiger partial charge in [-0.25, -0.2) is 4.98 Å². The molecule has 0 saturated carbocycles. The van der Waals surface area contributed by atoms with E-state index in [1.807, 2.05) is 14.0 Å². The van der Waals surface area contributed by atoms with Crippen LogP contribution < -0.4 is 5.32 Å². The predicted octanol–water partition coefficient (Wildman–Crippen LogP) is 0.403. The van der Waals surface area contributed by atoms with E-state index in [2.05, 4.69) is 15.2 Å². The highest BCUT2D eigenvalue weighted by Crippen LogP contribution is 2.11. The molecule has 5 nitrogen and oxygen atoms in total. The monoisotopic (exact) mass is 225 g/mol. The van der Waals surface area contributed by atoms with Gasteiger partial charge in [0.25, 0.3) is 0 Å². The van der Waals surface area contributed by atoms with Crippen LogP contribution in [0.5, 0.6) is 0 Å². The van der Waals surface area contributed by atoms with Crippen LogP contribution in [0.2, 0.25) is 0 Å². The third-order valence-electron chi connectivity index (χ3n) is 2.87. The first-order valence-electron chi connectivity index (χ1n) is 5.67. The van der Waals surface area contributed by atoms with Crippen LogP contribution in [0, 0.1) is 6.92 Å². The zero-order valence-corrected chi connectivity index (χ0v) is 9.90. The maximum Gasteiger partial charge on any atom is 0.181 e. The Hall–Kier alpha value is -0.910. The van der Waals surface area contributed by atoms with Crippen molar-refractivity contribution in [2.24, 2.45) is 0 Å². The molecule has 5 heteroatoms. The summed E-state index contributed by atoms with van der Waals surface area (Å²) in [6.07, 6.45) is 1.79. The Balaban J connectivity index is 1.88. The highest BCUT2D eigenvalue weighted by atomic mass is 16.5. The van der Waals surface area contributed by atoms with Gasteiger partial charge in [0.15, 0.2) is 6.39 Å². The van der Waals surface area contributed by atoms with Crippen molar-refractivity contribution in [3.05, 3.63) is 17.8 Å². The summed E-state index contributed by atoms with van der Waals surface area (Å²) < 4.78 is 10.8. The number of nitrogens with zero attached hydrogens (tertiary/aromatic N) is 2. The Labute approximate surface area is 95.8 Å². The van der Waals surface area contributed by atoms with Crippen LogP contribution in [0.25, 0.3) is 0 Å². The lowest BCUT2D eigenvalue weighted by atomic mass is 10.2. The Bertz CT molecular complexity index is 325. The first-order valence-corrected chi connectivity index (χ1v) is 5.67. The number of rotatable bonds is 4. The molecule has 1 atom stereocenters. The molecular formula is C11H19N3O2. The zero-order valence-electron chi connectivity index (χ0n) is 9.90. The maximum atomic E-state index is 5.65. The highest BCUT2D eigenvalue weighted by molar-refractivity contribution is 5.04. The van der Waals surface area contributed by atoms with Crippen LogP contribution in [-0.2, 0) is 11.3 Å². The quantitative estimate of drug-likeness (QED) is 0.804. The van der Waals surface area contributed by atoms with Crippen molar-refractivity contribution in [3.8, 4) is 0 Å². The van der Waals surface area contributed by atoms with Crippen LogP contribution in [0.3, 0.4) is 0 Å². The van der Waals surface area contributed by atoms with E-state index in [9.17, 15) is 0 Å². The highest BCUT2D eigenvalue weighted by Gasteiger charge is 2.21. The van der Waals surface area contributed by atoms with Gasteiger partial charge in [-0.15, -0.1) is 0 Å². The molecule has 1 N–H and O–H groups in total. The van der Waals surface area contributed by atoms with Crippen molar-refractivity contribution in [2.45, 2.75) is 19.6 Å². The fourth-order valence-corrected chi connectivity index (χ4v) is 1.97. The van der Waals surface area contributed by atoms with E-state index in [-0.39, 0.29) is 6.10 Å². The third kappa shape index (κ3) is 2.81. The number of morpholine rings is 1. The largest absolute Gasteiger partial charge is 0.448 e. The lowest BCUT2D eigenvalue weighted by Crippen LogP contribution is -2.45. The van der Waals surface area contributed by atoms with Crippen LogP contribution in [-0.4, -0.2) is 49.3 Å². The summed E-state index contributed by atoms with van der Waals surface area (Å²) in [7, 11) is 1.95. The van der Waals surface area contributed by atoms with Crippen molar-refractivity contribution in [2.75, 3.05) is 33.3 Å². The minimum Gasteiger partial charge on any atom is -0.448 e. The third-order valence-corrected chi connectivity index (χ3v) is 2.87. The van der Waals surface area contributed by atoms with Gasteiger partial charge < -0.3 is 14.5 Å². The molecule has 16 heavy (non-hydrogen) atoms. The SMILES string of the molecule is CNCC1CN(Cc2ncoc2C)CCO1. The number of likely N-dealkylation sites (N-methyl/N-ethyl adjacent to an activating group) is 1. The minimum absolute atomic E-state index is 0.283. The van der Waals surface area contributed by atoms with E-state index < -0.39 is 0 Å². The molecule has 2 heterocycles. The number of nitrogens with one attached hydrogen (secondary N) is 1. The summed E-state index contributed by atoms with van der Waals surface area (Å²) in [5.74, 6) is 0.914.